The predicted octanol–water partition coefficient (Wildman–Crippen LogP) is 11.3. The van der Waals surface area contributed by atoms with Gasteiger partial charge in [0.2, 0.25) is 0 Å². The van der Waals surface area contributed by atoms with Gasteiger partial charge in [-0.05, 0) is 89.1 Å². The van der Waals surface area contributed by atoms with Crippen molar-refractivity contribution in [3.63, 3.8) is 0 Å². The number of nitrogens with one attached hydrogen (secondary N) is 2. The first kappa shape index (κ1) is 27.5. The molecule has 2 N–H and O–H groups in total. The average Bonchev–Trinajstić information content (AvgIpc) is 3.10. The van der Waals surface area contributed by atoms with Crippen molar-refractivity contribution in [3.05, 3.63) is 175 Å². The second kappa shape index (κ2) is 12.9. The Hall–Kier alpha value is -5.34. The molecule has 0 radical (unpaired) electrons. The van der Waals surface area contributed by atoms with Crippen LogP contribution < -0.4 is 10.6 Å². The highest BCUT2D eigenvalue weighted by Crippen LogP contribution is 2.38. The summed E-state index contributed by atoms with van der Waals surface area (Å²) in [7, 11) is 0. The molecule has 0 fully saturated rings. The van der Waals surface area contributed by atoms with Gasteiger partial charge in [0.25, 0.3) is 0 Å². The summed E-state index contributed by atoms with van der Waals surface area (Å²) < 4.78 is 0. The number of allylic oxidation sites excluding steroid dienone is 6. The van der Waals surface area contributed by atoms with Crippen molar-refractivity contribution in [2.75, 3.05) is 10.6 Å². The maximum atomic E-state index is 3.87. The molecule has 1 unspecified atom stereocenters. The highest BCUT2D eigenvalue weighted by atomic mass is 14.9. The molecule has 5 aromatic rings. The van der Waals surface area contributed by atoms with E-state index in [0.717, 1.165) is 36.3 Å². The molecule has 2 nitrogen and oxygen atoms in total. The van der Waals surface area contributed by atoms with E-state index in [2.05, 4.69) is 168 Å². The Bertz CT molecular complexity index is 1860. The van der Waals surface area contributed by atoms with Gasteiger partial charge in [0.15, 0.2) is 0 Å². The zero-order valence-corrected chi connectivity index (χ0v) is 24.8. The fourth-order valence-corrected chi connectivity index (χ4v) is 6.07. The molecule has 44 heavy (non-hydrogen) atoms. The third-order valence-corrected chi connectivity index (χ3v) is 8.33. The minimum absolute atomic E-state index is 0.212. The molecule has 214 valence electrons. The van der Waals surface area contributed by atoms with Gasteiger partial charge in [0.1, 0.15) is 0 Å². The summed E-state index contributed by atoms with van der Waals surface area (Å²) in [6, 6.07) is 45.6. The van der Waals surface area contributed by atoms with Gasteiger partial charge < -0.3 is 10.6 Å². The molecule has 2 heteroatoms. The number of benzene rings is 5. The van der Waals surface area contributed by atoms with Gasteiger partial charge in [-0.25, -0.2) is 0 Å². The lowest BCUT2D eigenvalue weighted by Crippen LogP contribution is -2.18. The second-order valence-corrected chi connectivity index (χ2v) is 11.4. The van der Waals surface area contributed by atoms with Crippen molar-refractivity contribution < 1.29 is 0 Å². The van der Waals surface area contributed by atoms with E-state index < -0.39 is 0 Å². The third-order valence-electron chi connectivity index (χ3n) is 8.33. The van der Waals surface area contributed by atoms with Gasteiger partial charge in [0.05, 0.1) is 0 Å². The van der Waals surface area contributed by atoms with Crippen LogP contribution in [-0.2, 0) is 0 Å². The molecule has 0 bridgehead atoms. The lowest BCUT2D eigenvalue weighted by atomic mass is 9.92. The highest BCUT2D eigenvalue weighted by Gasteiger charge is 2.16. The number of rotatable bonds is 8. The average molecular weight is 569 g/mol. The standard InChI is InChI=1S/C42H36N2/c1-5-14-31(15-6-1)34-20-13-23-38(28-34)44-42-27-25-36(30-40(42)33-18-9-3-10-19-33)35-24-26-41(43-37-21-11-4-12-22-37)39(29-35)32-16-7-2-8-17-32/h1,3-7,9-22,24-30,38,43-44H,2,8,23H2. The first-order valence-corrected chi connectivity index (χ1v) is 15.5. The van der Waals surface area contributed by atoms with Crippen molar-refractivity contribution >= 4 is 28.2 Å². The fourth-order valence-electron chi connectivity index (χ4n) is 6.07. The van der Waals surface area contributed by atoms with E-state index in [-0.39, 0.29) is 6.04 Å². The van der Waals surface area contributed by atoms with Crippen LogP contribution in [0.4, 0.5) is 17.1 Å². The third kappa shape index (κ3) is 6.21. The van der Waals surface area contributed by atoms with Gasteiger partial charge in [-0.3, -0.25) is 0 Å². The van der Waals surface area contributed by atoms with Crippen LogP contribution in [-0.4, -0.2) is 6.04 Å². The van der Waals surface area contributed by atoms with Crippen molar-refractivity contribution in [3.8, 4) is 22.3 Å². The van der Waals surface area contributed by atoms with E-state index >= 15 is 0 Å². The molecule has 0 heterocycles. The minimum atomic E-state index is 0.212. The Morgan fingerprint density at radius 1 is 0.500 bits per heavy atom. The molecule has 2 aliphatic rings. The molecule has 0 spiro atoms. The van der Waals surface area contributed by atoms with Crippen molar-refractivity contribution in [1.82, 2.24) is 0 Å². The Balaban J connectivity index is 1.25. The summed E-state index contributed by atoms with van der Waals surface area (Å²) in [5.74, 6) is 0. The fraction of sp³-hybridized carbons (Fsp3) is 0.0952. The summed E-state index contributed by atoms with van der Waals surface area (Å²) in [5.41, 5.74) is 13.2. The Kier molecular flexibility index (Phi) is 8.05. The summed E-state index contributed by atoms with van der Waals surface area (Å²) in [5, 5.41) is 7.53. The van der Waals surface area contributed by atoms with Gasteiger partial charge in [-0.2, -0.15) is 0 Å². The molecule has 2 aliphatic carbocycles. The molecule has 7 rings (SSSR count). The summed E-state index contributed by atoms with van der Waals surface area (Å²) >= 11 is 0. The van der Waals surface area contributed by atoms with Crippen molar-refractivity contribution in [2.45, 2.75) is 25.3 Å². The van der Waals surface area contributed by atoms with E-state index in [4.69, 9.17) is 0 Å². The quantitative estimate of drug-likeness (QED) is 0.195. The molecule has 0 saturated carbocycles. The maximum Gasteiger partial charge on any atom is 0.0488 e. The molecule has 1 atom stereocenters. The predicted molar refractivity (Wildman–Crippen MR) is 189 cm³/mol. The topological polar surface area (TPSA) is 24.1 Å². The first-order valence-electron chi connectivity index (χ1n) is 15.5. The van der Waals surface area contributed by atoms with Crippen LogP contribution in [0, 0.1) is 0 Å². The smallest absolute Gasteiger partial charge is 0.0488 e. The van der Waals surface area contributed by atoms with E-state index in [9.17, 15) is 0 Å². The molecular formula is C42H36N2. The largest absolute Gasteiger partial charge is 0.378 e. The summed E-state index contributed by atoms with van der Waals surface area (Å²) in [4.78, 5) is 0. The van der Waals surface area contributed by atoms with Gasteiger partial charge in [0, 0.05) is 34.2 Å². The molecular weight excluding hydrogens is 532 g/mol. The van der Waals surface area contributed by atoms with Gasteiger partial charge >= 0.3 is 0 Å². The van der Waals surface area contributed by atoms with Crippen LogP contribution in [0.3, 0.4) is 0 Å². The zero-order valence-electron chi connectivity index (χ0n) is 24.8. The second-order valence-electron chi connectivity index (χ2n) is 11.4. The van der Waals surface area contributed by atoms with Crippen LogP contribution in [0.25, 0.3) is 33.4 Å². The lowest BCUT2D eigenvalue weighted by molar-refractivity contribution is 0.887. The Labute approximate surface area is 260 Å². The van der Waals surface area contributed by atoms with E-state index in [1.807, 2.05) is 6.07 Å². The number of hydrogen-bond donors (Lipinski definition) is 2. The molecule has 0 saturated heterocycles. The molecule has 0 amide bonds. The van der Waals surface area contributed by atoms with E-state index in [0.29, 0.717) is 0 Å². The highest BCUT2D eigenvalue weighted by molar-refractivity contribution is 5.89. The number of para-hydroxylation sites is 1. The van der Waals surface area contributed by atoms with Crippen LogP contribution in [0.15, 0.2) is 164 Å². The zero-order chi connectivity index (χ0) is 29.6. The number of anilines is 3. The monoisotopic (exact) mass is 568 g/mol. The van der Waals surface area contributed by atoms with Gasteiger partial charge in [-0.15, -0.1) is 0 Å². The molecule has 5 aromatic carbocycles. The molecule has 0 aliphatic heterocycles. The van der Waals surface area contributed by atoms with Crippen LogP contribution in [0.2, 0.25) is 0 Å². The normalized spacial score (nSPS) is 15.8. The van der Waals surface area contributed by atoms with Crippen LogP contribution >= 0.6 is 0 Å². The lowest BCUT2D eigenvalue weighted by Gasteiger charge is -2.23. The maximum absolute atomic E-state index is 3.87. The Morgan fingerprint density at radius 2 is 1.14 bits per heavy atom. The van der Waals surface area contributed by atoms with Crippen LogP contribution in [0.5, 0.6) is 0 Å². The Morgan fingerprint density at radius 3 is 1.84 bits per heavy atom. The van der Waals surface area contributed by atoms with Crippen molar-refractivity contribution in [2.24, 2.45) is 0 Å². The summed E-state index contributed by atoms with van der Waals surface area (Å²) in [6.07, 6.45) is 16.9. The van der Waals surface area contributed by atoms with E-state index in [1.165, 1.54) is 44.5 Å². The van der Waals surface area contributed by atoms with Crippen LogP contribution in [0.1, 0.15) is 30.4 Å². The van der Waals surface area contributed by atoms with Crippen molar-refractivity contribution in [1.29, 1.82) is 0 Å². The van der Waals surface area contributed by atoms with Gasteiger partial charge in [-0.1, -0.05) is 127 Å². The first-order chi connectivity index (χ1) is 21.8. The number of hydrogen-bond acceptors (Lipinski definition) is 2. The molecule has 0 aromatic heterocycles. The van der Waals surface area contributed by atoms with E-state index in [1.54, 1.807) is 0 Å². The minimum Gasteiger partial charge on any atom is -0.378 e. The summed E-state index contributed by atoms with van der Waals surface area (Å²) in [6.45, 7) is 0. The SMILES string of the molecule is C1=CC(c2cc(-c3ccc(NC4C=C(c5ccccc5)C=CC4)c(-c4ccccc4)c3)ccc2Nc2ccccc2)=CCC1.